The number of nitrogens with zero attached hydrogens (tertiary/aromatic N) is 3. The van der Waals surface area contributed by atoms with Crippen molar-refractivity contribution < 1.29 is 5.11 Å². The van der Waals surface area contributed by atoms with Crippen LogP contribution in [-0.2, 0) is 6.54 Å². The van der Waals surface area contributed by atoms with Gasteiger partial charge in [-0.2, -0.15) is 0 Å². The van der Waals surface area contributed by atoms with Crippen LogP contribution in [0, 0.1) is 0 Å². The first-order valence-corrected chi connectivity index (χ1v) is 10.5. The van der Waals surface area contributed by atoms with E-state index in [2.05, 4.69) is 74.7 Å². The van der Waals surface area contributed by atoms with E-state index in [1.165, 1.54) is 42.6 Å². The molecule has 1 aromatic rings. The van der Waals surface area contributed by atoms with Gasteiger partial charge in [0.25, 0.3) is 0 Å². The van der Waals surface area contributed by atoms with Crippen molar-refractivity contribution in [3.05, 3.63) is 54.1 Å². The maximum atomic E-state index is 7.75. The Morgan fingerprint density at radius 3 is 2.38 bits per heavy atom. The minimum atomic E-state index is 0.0972. The Bertz CT molecular complexity index is 603. The van der Waals surface area contributed by atoms with Gasteiger partial charge in [0.2, 0.25) is 0 Å². The van der Waals surface area contributed by atoms with E-state index in [1.54, 1.807) is 6.08 Å². The first kappa shape index (κ1) is 27.2. The first-order chi connectivity index (χ1) is 13.9. The fraction of sp³-hybridized carbons (Fsp3) is 0.542. The lowest BCUT2D eigenvalue weighted by Gasteiger charge is -2.19. The summed E-state index contributed by atoms with van der Waals surface area (Å²) < 4.78 is 0. The molecular formula is C24H42N4O. The van der Waals surface area contributed by atoms with Gasteiger partial charge in [-0.15, -0.1) is 6.58 Å². The van der Waals surface area contributed by atoms with Gasteiger partial charge in [0.05, 0.1) is 12.8 Å². The molecule has 1 atom stereocenters. The summed E-state index contributed by atoms with van der Waals surface area (Å²) in [5, 5.41) is 7.75. The zero-order valence-electron chi connectivity index (χ0n) is 19.1. The van der Waals surface area contributed by atoms with Crippen molar-refractivity contribution >= 4 is 11.8 Å². The summed E-state index contributed by atoms with van der Waals surface area (Å²) in [6, 6.07) is 8.75. The lowest BCUT2D eigenvalue weighted by molar-refractivity contribution is 0.268. The van der Waals surface area contributed by atoms with Crippen LogP contribution in [0.15, 0.2) is 48.0 Å². The van der Waals surface area contributed by atoms with Crippen molar-refractivity contribution in [2.45, 2.75) is 46.3 Å². The van der Waals surface area contributed by atoms with Crippen molar-refractivity contribution in [2.24, 2.45) is 10.7 Å². The molecule has 0 aromatic heterocycles. The molecule has 1 aliphatic rings. The van der Waals surface area contributed by atoms with Gasteiger partial charge in [0, 0.05) is 32.4 Å². The van der Waals surface area contributed by atoms with Crippen molar-refractivity contribution in [3.8, 4) is 0 Å². The maximum Gasteiger partial charge on any atom is 0.0990 e. The molecule has 1 unspecified atom stereocenters. The predicted octanol–water partition coefficient (Wildman–Crippen LogP) is 3.79. The number of aliphatic hydroxyl groups is 1. The Morgan fingerprint density at radius 1 is 1.31 bits per heavy atom. The number of nitrogens with two attached hydrogens (primary N) is 1. The molecule has 1 aromatic carbocycles. The zero-order chi connectivity index (χ0) is 22.1. The van der Waals surface area contributed by atoms with Crippen LogP contribution in [0.25, 0.3) is 5.57 Å². The van der Waals surface area contributed by atoms with Crippen molar-refractivity contribution in [2.75, 3.05) is 40.3 Å². The number of hydrogen-bond acceptors (Lipinski definition) is 5. The minimum Gasteiger partial charge on any atom is -0.395 e. The largest absolute Gasteiger partial charge is 0.395 e. The molecule has 1 aliphatic heterocycles. The van der Waals surface area contributed by atoms with E-state index in [-0.39, 0.29) is 12.8 Å². The van der Waals surface area contributed by atoms with Gasteiger partial charge in [0.1, 0.15) is 0 Å². The number of allylic oxidation sites excluding steroid dienone is 3. The number of rotatable bonds is 7. The molecule has 0 radical (unpaired) electrons. The van der Waals surface area contributed by atoms with Crippen LogP contribution in [0.3, 0.4) is 0 Å². The average Bonchev–Trinajstić information content (AvgIpc) is 3.24. The molecule has 0 aliphatic carbocycles. The number of aliphatic hydroxyl groups excluding tert-OH is 1. The summed E-state index contributed by atoms with van der Waals surface area (Å²) in [4.78, 5) is 9.41. The quantitative estimate of drug-likeness (QED) is 0.538. The topological polar surface area (TPSA) is 65.1 Å². The first-order valence-electron chi connectivity index (χ1n) is 10.5. The van der Waals surface area contributed by atoms with Gasteiger partial charge in [-0.25, -0.2) is 0 Å². The van der Waals surface area contributed by atoms with Crippen molar-refractivity contribution in [3.63, 3.8) is 0 Å². The van der Waals surface area contributed by atoms with Gasteiger partial charge in [-0.1, -0.05) is 30.4 Å². The summed E-state index contributed by atoms with van der Waals surface area (Å²) in [5.74, 6) is 0. The normalized spacial score (nSPS) is 15.5. The third kappa shape index (κ3) is 12.4. The molecule has 1 fully saturated rings. The van der Waals surface area contributed by atoms with Crippen LogP contribution in [0.2, 0.25) is 0 Å². The lowest BCUT2D eigenvalue weighted by atomic mass is 10.0. The highest BCUT2D eigenvalue weighted by atomic mass is 16.3. The number of likely N-dealkylation sites (tertiary alicyclic amines) is 1. The van der Waals surface area contributed by atoms with E-state index in [1.807, 2.05) is 13.1 Å². The molecule has 2 rings (SSSR count). The van der Waals surface area contributed by atoms with Crippen LogP contribution in [0.1, 0.15) is 44.7 Å². The monoisotopic (exact) mass is 402 g/mol. The summed E-state index contributed by atoms with van der Waals surface area (Å²) in [5.41, 5.74) is 8.56. The molecule has 5 heteroatoms. The van der Waals surface area contributed by atoms with Crippen molar-refractivity contribution in [1.29, 1.82) is 0 Å². The number of benzene rings is 1. The third-order valence-corrected chi connectivity index (χ3v) is 4.30. The van der Waals surface area contributed by atoms with Crippen LogP contribution >= 0.6 is 0 Å². The number of hydrogen-bond donors (Lipinski definition) is 2. The molecule has 29 heavy (non-hydrogen) atoms. The van der Waals surface area contributed by atoms with Gasteiger partial charge < -0.3 is 15.7 Å². The summed E-state index contributed by atoms with van der Waals surface area (Å²) in [7, 11) is 4.20. The smallest absolute Gasteiger partial charge is 0.0990 e. The fourth-order valence-electron chi connectivity index (χ4n) is 2.93. The Labute approximate surface area is 178 Å². The molecule has 5 nitrogen and oxygen atoms in total. The molecule has 0 saturated carbocycles. The summed E-state index contributed by atoms with van der Waals surface area (Å²) in [6.45, 7) is 13.3. The van der Waals surface area contributed by atoms with Crippen LogP contribution in [0.5, 0.6) is 0 Å². The second-order valence-corrected chi connectivity index (χ2v) is 7.26. The molecule has 0 bridgehead atoms. The standard InChI is InChI=1S/C19H29N3.C3H6.C2H7NO/c1-5-18(14-20-16(2)22-11-6-7-12-22)19-10-8-9-17(13-19)15-21(3)4;1-3-2;3-1-2-4/h5,8-10,13-14,16H,6-7,11-12,15H2,1-4H3;3H,1H2,2H3;4H,1-3H2/b18-5+,20-14-;;. The van der Waals surface area contributed by atoms with E-state index >= 15 is 0 Å². The lowest BCUT2D eigenvalue weighted by Crippen LogP contribution is -2.28. The molecule has 1 heterocycles. The highest BCUT2D eigenvalue weighted by molar-refractivity contribution is 6.09. The van der Waals surface area contributed by atoms with Gasteiger partial charge in [0.15, 0.2) is 0 Å². The van der Waals surface area contributed by atoms with Gasteiger partial charge >= 0.3 is 0 Å². The van der Waals surface area contributed by atoms with E-state index in [0.717, 1.165) is 6.54 Å². The predicted molar refractivity (Wildman–Crippen MR) is 128 cm³/mol. The molecule has 164 valence electrons. The Balaban J connectivity index is 0.000000975. The average molecular weight is 403 g/mol. The zero-order valence-corrected chi connectivity index (χ0v) is 19.1. The van der Waals surface area contributed by atoms with E-state index in [0.29, 0.717) is 6.54 Å². The third-order valence-electron chi connectivity index (χ3n) is 4.30. The molecule has 0 amide bonds. The van der Waals surface area contributed by atoms with Crippen LogP contribution < -0.4 is 5.73 Å². The van der Waals surface area contributed by atoms with E-state index in [4.69, 9.17) is 15.8 Å². The molecule has 1 saturated heterocycles. The highest BCUT2D eigenvalue weighted by Gasteiger charge is 2.16. The molecule has 0 spiro atoms. The Morgan fingerprint density at radius 2 is 1.90 bits per heavy atom. The minimum absolute atomic E-state index is 0.0972. The SMILES string of the molecule is C/C=C(\C=N/C(C)N1CCCC1)c1cccc(CN(C)C)c1.C=CC.NCCO. The van der Waals surface area contributed by atoms with Gasteiger partial charge in [-0.3, -0.25) is 9.89 Å². The second kappa shape index (κ2) is 17.1. The summed E-state index contributed by atoms with van der Waals surface area (Å²) in [6.07, 6.45) is 8.83. The fourth-order valence-corrected chi connectivity index (χ4v) is 2.93. The second-order valence-electron chi connectivity index (χ2n) is 7.26. The van der Waals surface area contributed by atoms with Gasteiger partial charge in [-0.05, 0) is 70.5 Å². The Kier molecular flexibility index (Phi) is 16.0. The highest BCUT2D eigenvalue weighted by Crippen LogP contribution is 2.17. The Hall–Kier alpha value is -1.79. The molecular weight excluding hydrogens is 360 g/mol. The number of aliphatic imine (C=N–C) groups is 1. The summed E-state index contributed by atoms with van der Waals surface area (Å²) >= 11 is 0. The van der Waals surface area contributed by atoms with Crippen LogP contribution in [-0.4, -0.2) is 67.6 Å². The molecule has 3 N–H and O–H groups in total. The van der Waals surface area contributed by atoms with E-state index < -0.39 is 0 Å². The van der Waals surface area contributed by atoms with Crippen molar-refractivity contribution in [1.82, 2.24) is 9.80 Å². The van der Waals surface area contributed by atoms with E-state index in [9.17, 15) is 0 Å². The van der Waals surface area contributed by atoms with Crippen LogP contribution in [0.4, 0.5) is 0 Å². The maximum absolute atomic E-state index is 7.75.